The number of ether oxygens (including phenoxy) is 1. The van der Waals surface area contributed by atoms with E-state index in [4.69, 9.17) is 9.15 Å². The lowest BCUT2D eigenvalue weighted by Gasteiger charge is -2.14. The molecule has 0 spiro atoms. The van der Waals surface area contributed by atoms with Gasteiger partial charge in [0.2, 0.25) is 5.89 Å². The molecule has 0 fully saturated rings. The van der Waals surface area contributed by atoms with Gasteiger partial charge in [0.1, 0.15) is 5.75 Å². The second-order valence-electron chi connectivity index (χ2n) is 4.19. The lowest BCUT2D eigenvalue weighted by Crippen LogP contribution is -2.12. The minimum Gasteiger partial charge on any atom is -0.497 e. The second-order valence-corrected chi connectivity index (χ2v) is 4.19. The van der Waals surface area contributed by atoms with Crippen LogP contribution in [-0.2, 0) is 0 Å². The van der Waals surface area contributed by atoms with Gasteiger partial charge in [-0.25, -0.2) is 0 Å². The summed E-state index contributed by atoms with van der Waals surface area (Å²) in [7, 11) is 5.37. The number of hydrogen-bond acceptors (Lipinski definition) is 6. The van der Waals surface area contributed by atoms with Gasteiger partial charge >= 0.3 is 6.01 Å². The summed E-state index contributed by atoms with van der Waals surface area (Å²) in [5.74, 6) is 1.38. The third-order valence-electron chi connectivity index (χ3n) is 2.98. The molecule has 2 rings (SSSR count). The maximum atomic E-state index is 5.62. The zero-order valence-electron chi connectivity index (χ0n) is 11.5. The van der Waals surface area contributed by atoms with E-state index in [2.05, 4.69) is 15.5 Å². The molecule has 0 aliphatic rings. The van der Waals surface area contributed by atoms with Gasteiger partial charge in [-0.3, -0.25) is 4.90 Å². The molecule has 1 aromatic carbocycles. The minimum atomic E-state index is 0.0329. The van der Waals surface area contributed by atoms with Crippen LogP contribution in [0.3, 0.4) is 0 Å². The smallest absolute Gasteiger partial charge is 0.322 e. The van der Waals surface area contributed by atoms with Crippen molar-refractivity contribution < 1.29 is 9.15 Å². The van der Waals surface area contributed by atoms with Gasteiger partial charge in [-0.15, -0.1) is 5.10 Å². The molecule has 1 atom stereocenters. The largest absolute Gasteiger partial charge is 0.497 e. The molecule has 0 radical (unpaired) electrons. The van der Waals surface area contributed by atoms with E-state index >= 15 is 0 Å². The predicted octanol–water partition coefficient (Wildman–Crippen LogP) is 2.13. The molecule has 0 bridgehead atoms. The molecule has 1 N–H and O–H groups in total. The number of nitrogens with zero attached hydrogens (tertiary/aromatic N) is 3. The quantitative estimate of drug-likeness (QED) is 0.890. The summed E-state index contributed by atoms with van der Waals surface area (Å²) in [6.45, 7) is 1.96. The molecule has 1 heterocycles. The van der Waals surface area contributed by atoms with Crippen LogP contribution in [0.4, 0.5) is 11.7 Å². The zero-order valence-corrected chi connectivity index (χ0v) is 11.5. The van der Waals surface area contributed by atoms with E-state index in [-0.39, 0.29) is 6.04 Å². The fourth-order valence-corrected chi connectivity index (χ4v) is 1.58. The molecular formula is C13H18N4O2. The molecule has 19 heavy (non-hydrogen) atoms. The molecule has 0 amide bonds. The van der Waals surface area contributed by atoms with Crippen LogP contribution >= 0.6 is 0 Å². The number of methoxy groups -OCH3 is 1. The summed E-state index contributed by atoms with van der Waals surface area (Å²) in [6.07, 6.45) is 0. The van der Waals surface area contributed by atoms with E-state index in [1.54, 1.807) is 7.11 Å². The third-order valence-corrected chi connectivity index (χ3v) is 2.98. The van der Waals surface area contributed by atoms with Crippen molar-refractivity contribution >= 4 is 11.7 Å². The first-order valence-electron chi connectivity index (χ1n) is 6.04. The van der Waals surface area contributed by atoms with Gasteiger partial charge in [0, 0.05) is 12.7 Å². The average molecular weight is 262 g/mol. The van der Waals surface area contributed by atoms with Crippen LogP contribution in [0.25, 0.3) is 0 Å². The maximum Gasteiger partial charge on any atom is 0.322 e. The molecular weight excluding hydrogens is 244 g/mol. The van der Waals surface area contributed by atoms with E-state index in [1.165, 1.54) is 0 Å². The molecule has 6 nitrogen and oxygen atoms in total. The van der Waals surface area contributed by atoms with Crippen LogP contribution in [0, 0.1) is 0 Å². The second kappa shape index (κ2) is 5.71. The Labute approximate surface area is 112 Å². The van der Waals surface area contributed by atoms with Crippen molar-refractivity contribution in [2.45, 2.75) is 13.0 Å². The highest BCUT2D eigenvalue weighted by Gasteiger charge is 2.15. The zero-order chi connectivity index (χ0) is 13.8. The monoisotopic (exact) mass is 262 g/mol. The first-order valence-corrected chi connectivity index (χ1v) is 6.04. The summed E-state index contributed by atoms with van der Waals surface area (Å²) in [5.41, 5.74) is 0.952. The number of nitrogens with one attached hydrogen (secondary N) is 1. The van der Waals surface area contributed by atoms with Crippen molar-refractivity contribution in [1.82, 2.24) is 15.5 Å². The van der Waals surface area contributed by atoms with Crippen LogP contribution in [0.1, 0.15) is 18.9 Å². The SMILES string of the molecule is CNC(C)c1nnc(N(C)c2ccc(OC)cc2)o1. The summed E-state index contributed by atoms with van der Waals surface area (Å²) in [5, 5.41) is 11.1. The van der Waals surface area contributed by atoms with E-state index in [0.717, 1.165) is 11.4 Å². The summed E-state index contributed by atoms with van der Waals surface area (Å²) >= 11 is 0. The van der Waals surface area contributed by atoms with Crippen molar-refractivity contribution in [3.8, 4) is 5.75 Å². The van der Waals surface area contributed by atoms with Crippen LogP contribution in [-0.4, -0.2) is 31.4 Å². The first kappa shape index (κ1) is 13.4. The van der Waals surface area contributed by atoms with Crippen LogP contribution in [0.5, 0.6) is 5.75 Å². The first-order chi connectivity index (χ1) is 9.15. The molecule has 1 aromatic heterocycles. The van der Waals surface area contributed by atoms with E-state index in [1.807, 2.05) is 50.2 Å². The highest BCUT2D eigenvalue weighted by atomic mass is 16.5. The van der Waals surface area contributed by atoms with Crippen molar-refractivity contribution in [2.75, 3.05) is 26.1 Å². The summed E-state index contributed by atoms with van der Waals surface area (Å²) < 4.78 is 10.7. The molecule has 6 heteroatoms. The Morgan fingerprint density at radius 1 is 1.26 bits per heavy atom. The molecule has 0 aliphatic carbocycles. The number of anilines is 2. The molecule has 0 aliphatic heterocycles. The van der Waals surface area contributed by atoms with Gasteiger partial charge in [0.05, 0.1) is 13.2 Å². The van der Waals surface area contributed by atoms with Crippen LogP contribution in [0.2, 0.25) is 0 Å². The number of hydrogen-bond donors (Lipinski definition) is 1. The highest BCUT2D eigenvalue weighted by Crippen LogP contribution is 2.25. The fourth-order valence-electron chi connectivity index (χ4n) is 1.58. The van der Waals surface area contributed by atoms with Crippen molar-refractivity contribution in [1.29, 1.82) is 0 Å². The van der Waals surface area contributed by atoms with Gasteiger partial charge in [0.25, 0.3) is 0 Å². The molecule has 2 aromatic rings. The van der Waals surface area contributed by atoms with Crippen molar-refractivity contribution in [3.63, 3.8) is 0 Å². The lowest BCUT2D eigenvalue weighted by molar-refractivity contribution is 0.414. The van der Waals surface area contributed by atoms with Gasteiger partial charge in [-0.05, 0) is 38.2 Å². The lowest BCUT2D eigenvalue weighted by atomic mass is 10.3. The highest BCUT2D eigenvalue weighted by molar-refractivity contribution is 5.56. The van der Waals surface area contributed by atoms with E-state index in [9.17, 15) is 0 Å². The number of rotatable bonds is 5. The van der Waals surface area contributed by atoms with Gasteiger partial charge in [-0.2, -0.15) is 0 Å². The third kappa shape index (κ3) is 2.85. The van der Waals surface area contributed by atoms with Crippen LogP contribution in [0.15, 0.2) is 28.7 Å². The predicted molar refractivity (Wildman–Crippen MR) is 72.8 cm³/mol. The maximum absolute atomic E-state index is 5.62. The Hall–Kier alpha value is -2.08. The van der Waals surface area contributed by atoms with Crippen molar-refractivity contribution in [2.24, 2.45) is 0 Å². The van der Waals surface area contributed by atoms with E-state index in [0.29, 0.717) is 11.9 Å². The Bertz CT molecular complexity index is 524. The number of benzene rings is 1. The average Bonchev–Trinajstić information content (AvgIpc) is 2.95. The molecule has 102 valence electrons. The van der Waals surface area contributed by atoms with Crippen LogP contribution < -0.4 is 15.0 Å². The minimum absolute atomic E-state index is 0.0329. The van der Waals surface area contributed by atoms with Gasteiger partial charge in [-0.1, -0.05) is 5.10 Å². The Kier molecular flexibility index (Phi) is 4.01. The van der Waals surface area contributed by atoms with Gasteiger partial charge in [0.15, 0.2) is 0 Å². The molecule has 1 unspecified atom stereocenters. The normalized spacial score (nSPS) is 12.2. The van der Waals surface area contributed by atoms with Gasteiger partial charge < -0.3 is 14.5 Å². The Morgan fingerprint density at radius 3 is 2.53 bits per heavy atom. The molecule has 0 saturated heterocycles. The summed E-state index contributed by atoms with van der Waals surface area (Å²) in [6, 6.07) is 8.14. The van der Waals surface area contributed by atoms with E-state index < -0.39 is 0 Å². The number of aromatic nitrogens is 2. The fraction of sp³-hybridized carbons (Fsp3) is 0.385. The Balaban J connectivity index is 2.18. The van der Waals surface area contributed by atoms with Crippen molar-refractivity contribution in [3.05, 3.63) is 30.2 Å². The summed E-state index contributed by atoms with van der Waals surface area (Å²) in [4.78, 5) is 1.83. The Morgan fingerprint density at radius 2 is 1.95 bits per heavy atom. The topological polar surface area (TPSA) is 63.4 Å². The standard InChI is InChI=1S/C13H18N4O2/c1-9(14-2)12-15-16-13(19-12)17(3)10-5-7-11(18-4)8-6-10/h5-9,14H,1-4H3. The molecule has 0 saturated carbocycles.